The standard InChI is InChI=1S/C11H23N5O/c1-10(8-15(2)3)12-7-11-9-16(14-13-11)5-4-6-17/h9-10,12,17H,4-8H2,1-3H3. The minimum atomic E-state index is 0.188. The number of likely N-dealkylation sites (N-methyl/N-ethyl adjacent to an activating group) is 1. The number of hydrogen-bond donors (Lipinski definition) is 2. The summed E-state index contributed by atoms with van der Waals surface area (Å²) in [6.07, 6.45) is 2.64. The third kappa shape index (κ3) is 5.76. The van der Waals surface area contributed by atoms with Crippen molar-refractivity contribution in [3.63, 3.8) is 0 Å². The predicted octanol–water partition coefficient (Wildman–Crippen LogP) is -0.300. The topological polar surface area (TPSA) is 66.2 Å². The van der Waals surface area contributed by atoms with E-state index in [1.807, 2.05) is 6.20 Å². The number of hydrogen-bond acceptors (Lipinski definition) is 5. The van der Waals surface area contributed by atoms with Crippen molar-refractivity contribution in [3.8, 4) is 0 Å². The fraction of sp³-hybridized carbons (Fsp3) is 0.818. The molecule has 0 aliphatic heterocycles. The number of rotatable bonds is 8. The third-order valence-corrected chi connectivity index (χ3v) is 2.40. The van der Waals surface area contributed by atoms with Crippen LogP contribution in [0.15, 0.2) is 6.20 Å². The molecule has 17 heavy (non-hydrogen) atoms. The molecule has 1 aromatic heterocycles. The van der Waals surface area contributed by atoms with Crippen LogP contribution >= 0.6 is 0 Å². The van der Waals surface area contributed by atoms with Crippen LogP contribution in [-0.4, -0.2) is 58.3 Å². The first-order chi connectivity index (χ1) is 8.11. The normalized spacial score (nSPS) is 13.2. The summed E-state index contributed by atoms with van der Waals surface area (Å²) in [5, 5.41) is 20.2. The van der Waals surface area contributed by atoms with Gasteiger partial charge in [-0.15, -0.1) is 5.10 Å². The average molecular weight is 241 g/mol. The summed E-state index contributed by atoms with van der Waals surface area (Å²) in [6.45, 7) is 4.78. The largest absolute Gasteiger partial charge is 0.396 e. The van der Waals surface area contributed by atoms with Crippen molar-refractivity contribution < 1.29 is 5.11 Å². The maximum atomic E-state index is 8.72. The minimum Gasteiger partial charge on any atom is -0.396 e. The van der Waals surface area contributed by atoms with Gasteiger partial charge in [0.1, 0.15) is 0 Å². The molecule has 0 saturated carbocycles. The van der Waals surface area contributed by atoms with Crippen molar-refractivity contribution in [1.82, 2.24) is 25.2 Å². The Morgan fingerprint density at radius 2 is 2.29 bits per heavy atom. The molecule has 6 nitrogen and oxygen atoms in total. The molecule has 0 aromatic carbocycles. The van der Waals surface area contributed by atoms with Crippen LogP contribution in [0.1, 0.15) is 19.0 Å². The highest BCUT2D eigenvalue weighted by molar-refractivity contribution is 4.92. The van der Waals surface area contributed by atoms with Crippen molar-refractivity contribution in [2.24, 2.45) is 0 Å². The van der Waals surface area contributed by atoms with Crippen LogP contribution < -0.4 is 5.32 Å². The lowest BCUT2D eigenvalue weighted by Crippen LogP contribution is -2.35. The molecule has 1 rings (SSSR count). The molecule has 0 aliphatic rings. The monoisotopic (exact) mass is 241 g/mol. The molecule has 1 aromatic rings. The SMILES string of the molecule is CC(CN(C)C)NCc1cn(CCCO)nn1. The fourth-order valence-corrected chi connectivity index (χ4v) is 1.65. The van der Waals surface area contributed by atoms with Gasteiger partial charge in [-0.2, -0.15) is 0 Å². The van der Waals surface area contributed by atoms with E-state index in [1.54, 1.807) is 4.68 Å². The zero-order valence-electron chi connectivity index (χ0n) is 10.9. The summed E-state index contributed by atoms with van der Waals surface area (Å²) >= 11 is 0. The van der Waals surface area contributed by atoms with Gasteiger partial charge in [-0.1, -0.05) is 5.21 Å². The second-order valence-corrected chi connectivity index (χ2v) is 4.59. The van der Waals surface area contributed by atoms with Gasteiger partial charge in [-0.3, -0.25) is 4.68 Å². The van der Waals surface area contributed by atoms with Gasteiger partial charge < -0.3 is 15.3 Å². The van der Waals surface area contributed by atoms with Crippen LogP contribution in [0.2, 0.25) is 0 Å². The zero-order chi connectivity index (χ0) is 12.7. The average Bonchev–Trinajstić information content (AvgIpc) is 2.70. The first-order valence-electron chi connectivity index (χ1n) is 5.99. The number of aromatic nitrogens is 3. The van der Waals surface area contributed by atoms with Gasteiger partial charge in [0, 0.05) is 38.5 Å². The van der Waals surface area contributed by atoms with E-state index in [0.29, 0.717) is 12.5 Å². The van der Waals surface area contributed by atoms with E-state index < -0.39 is 0 Å². The zero-order valence-corrected chi connectivity index (χ0v) is 10.9. The Labute approximate surface area is 103 Å². The molecule has 0 amide bonds. The van der Waals surface area contributed by atoms with Crippen LogP contribution in [-0.2, 0) is 13.1 Å². The first-order valence-corrected chi connectivity index (χ1v) is 5.99. The van der Waals surface area contributed by atoms with Crippen LogP contribution in [0.4, 0.5) is 0 Å². The van der Waals surface area contributed by atoms with E-state index in [4.69, 9.17) is 5.11 Å². The van der Waals surface area contributed by atoms with Crippen molar-refractivity contribution in [2.75, 3.05) is 27.2 Å². The molecule has 0 spiro atoms. The van der Waals surface area contributed by atoms with Crippen LogP contribution in [0.25, 0.3) is 0 Å². The Bertz CT molecular complexity index is 313. The van der Waals surface area contributed by atoms with Crippen LogP contribution in [0, 0.1) is 0 Å². The van der Waals surface area contributed by atoms with Gasteiger partial charge in [0.25, 0.3) is 0 Å². The van der Waals surface area contributed by atoms with Gasteiger partial charge >= 0.3 is 0 Å². The Morgan fingerprint density at radius 1 is 1.53 bits per heavy atom. The summed E-state index contributed by atoms with van der Waals surface area (Å²) in [5.41, 5.74) is 0.938. The smallest absolute Gasteiger partial charge is 0.0964 e. The first kappa shape index (κ1) is 14.1. The second kappa shape index (κ2) is 7.37. The van der Waals surface area contributed by atoms with E-state index in [9.17, 15) is 0 Å². The molecular weight excluding hydrogens is 218 g/mol. The quantitative estimate of drug-likeness (QED) is 0.654. The maximum Gasteiger partial charge on any atom is 0.0964 e. The number of nitrogens with zero attached hydrogens (tertiary/aromatic N) is 4. The molecule has 1 atom stereocenters. The molecule has 98 valence electrons. The molecular formula is C11H23N5O. The Morgan fingerprint density at radius 3 is 2.94 bits per heavy atom. The maximum absolute atomic E-state index is 8.72. The summed E-state index contributed by atoms with van der Waals surface area (Å²) in [7, 11) is 4.12. The van der Waals surface area contributed by atoms with Crippen molar-refractivity contribution >= 4 is 0 Å². The van der Waals surface area contributed by atoms with E-state index in [1.165, 1.54) is 0 Å². The Balaban J connectivity index is 2.29. The van der Waals surface area contributed by atoms with E-state index in [0.717, 1.165) is 25.3 Å². The molecule has 1 heterocycles. The van der Waals surface area contributed by atoms with Gasteiger partial charge in [0.15, 0.2) is 0 Å². The molecule has 0 aliphatic carbocycles. The number of aliphatic hydroxyl groups excluding tert-OH is 1. The van der Waals surface area contributed by atoms with Crippen molar-refractivity contribution in [1.29, 1.82) is 0 Å². The lowest BCUT2D eigenvalue weighted by Gasteiger charge is -2.17. The van der Waals surface area contributed by atoms with Crippen molar-refractivity contribution in [3.05, 3.63) is 11.9 Å². The van der Waals surface area contributed by atoms with Crippen LogP contribution in [0.5, 0.6) is 0 Å². The summed E-state index contributed by atoms with van der Waals surface area (Å²) in [6, 6.07) is 0.424. The van der Waals surface area contributed by atoms with Crippen molar-refractivity contribution in [2.45, 2.75) is 32.5 Å². The molecule has 2 N–H and O–H groups in total. The molecule has 0 bridgehead atoms. The lowest BCUT2D eigenvalue weighted by molar-refractivity contribution is 0.276. The highest BCUT2D eigenvalue weighted by Crippen LogP contribution is 1.95. The predicted molar refractivity (Wildman–Crippen MR) is 66.6 cm³/mol. The minimum absolute atomic E-state index is 0.188. The van der Waals surface area contributed by atoms with Gasteiger partial charge in [0.2, 0.25) is 0 Å². The van der Waals surface area contributed by atoms with E-state index >= 15 is 0 Å². The van der Waals surface area contributed by atoms with Crippen LogP contribution in [0.3, 0.4) is 0 Å². The summed E-state index contributed by atoms with van der Waals surface area (Å²) in [5.74, 6) is 0. The van der Waals surface area contributed by atoms with E-state index in [2.05, 4.69) is 41.5 Å². The summed E-state index contributed by atoms with van der Waals surface area (Å²) < 4.78 is 1.77. The number of aliphatic hydroxyl groups is 1. The lowest BCUT2D eigenvalue weighted by atomic mass is 10.3. The molecule has 0 fully saturated rings. The van der Waals surface area contributed by atoms with E-state index in [-0.39, 0.29) is 6.61 Å². The molecule has 0 radical (unpaired) electrons. The third-order valence-electron chi connectivity index (χ3n) is 2.40. The van der Waals surface area contributed by atoms with Gasteiger partial charge in [-0.05, 0) is 27.4 Å². The Kier molecular flexibility index (Phi) is 6.10. The fourth-order valence-electron chi connectivity index (χ4n) is 1.65. The number of nitrogens with one attached hydrogen (secondary N) is 1. The second-order valence-electron chi connectivity index (χ2n) is 4.59. The molecule has 6 heteroatoms. The number of aryl methyl sites for hydroxylation is 1. The Hall–Kier alpha value is -0.980. The highest BCUT2D eigenvalue weighted by atomic mass is 16.3. The van der Waals surface area contributed by atoms with Gasteiger partial charge in [-0.25, -0.2) is 0 Å². The molecule has 0 saturated heterocycles. The summed E-state index contributed by atoms with van der Waals surface area (Å²) in [4.78, 5) is 2.15. The van der Waals surface area contributed by atoms with Gasteiger partial charge in [0.05, 0.1) is 5.69 Å². The molecule has 1 unspecified atom stereocenters. The highest BCUT2D eigenvalue weighted by Gasteiger charge is 2.05.